The number of carbonyl (C=O) groups is 1. The average Bonchev–Trinajstić information content (AvgIpc) is 3.18. The smallest absolute Gasteiger partial charge is 0.204 e. The van der Waals surface area contributed by atoms with Gasteiger partial charge in [-0.2, -0.15) is 0 Å². The summed E-state index contributed by atoms with van der Waals surface area (Å²) in [6, 6.07) is 25.1. The predicted molar refractivity (Wildman–Crippen MR) is 112 cm³/mol. The molecule has 3 nitrogen and oxygen atoms in total. The van der Waals surface area contributed by atoms with Gasteiger partial charge in [0.2, 0.25) is 5.78 Å². The molecule has 4 aromatic rings. The van der Waals surface area contributed by atoms with Crippen LogP contribution in [-0.2, 0) is 0 Å². The molecule has 0 saturated carbocycles. The summed E-state index contributed by atoms with van der Waals surface area (Å²) >= 11 is 7.46. The third kappa shape index (κ3) is 3.92. The van der Waals surface area contributed by atoms with Crippen molar-refractivity contribution in [3.05, 3.63) is 101 Å². The third-order valence-electron chi connectivity index (χ3n) is 4.10. The Hall–Kier alpha value is -2.95. The number of thiazole rings is 1. The average molecular weight is 391 g/mol. The van der Waals surface area contributed by atoms with Crippen LogP contribution in [0.2, 0.25) is 5.02 Å². The fraction of sp³-hybridized carbons (Fsp3) is 0. The number of halogens is 1. The fourth-order valence-corrected chi connectivity index (χ4v) is 3.68. The summed E-state index contributed by atoms with van der Waals surface area (Å²) in [6.45, 7) is 0. The van der Waals surface area contributed by atoms with Crippen molar-refractivity contribution in [1.82, 2.24) is 4.98 Å². The monoisotopic (exact) mass is 390 g/mol. The Kier molecular flexibility index (Phi) is 5.01. The van der Waals surface area contributed by atoms with Crippen LogP contribution in [0.3, 0.4) is 0 Å². The van der Waals surface area contributed by atoms with Crippen molar-refractivity contribution >= 4 is 39.5 Å². The molecule has 0 atom stereocenters. The Morgan fingerprint density at radius 2 is 1.52 bits per heavy atom. The number of hydrogen-bond donors (Lipinski definition) is 1. The summed E-state index contributed by atoms with van der Waals surface area (Å²) in [5, 5.41) is 4.39. The quantitative estimate of drug-likeness (QED) is 0.399. The lowest BCUT2D eigenvalue weighted by Crippen LogP contribution is -1.98. The highest BCUT2D eigenvalue weighted by molar-refractivity contribution is 7.17. The number of rotatable bonds is 5. The van der Waals surface area contributed by atoms with E-state index in [1.54, 1.807) is 12.3 Å². The van der Waals surface area contributed by atoms with Crippen molar-refractivity contribution in [2.45, 2.75) is 0 Å². The standard InChI is InChI=1S/C22H15ClN2OS/c23-18-8-4-5-9-19(18)25-22-24-14-20(27-22)21(26)17-12-10-16(11-13-17)15-6-2-1-3-7-15/h1-14H,(H,24,25). The van der Waals surface area contributed by atoms with E-state index in [0.29, 0.717) is 20.6 Å². The van der Waals surface area contributed by atoms with Gasteiger partial charge in [-0.25, -0.2) is 4.98 Å². The molecule has 27 heavy (non-hydrogen) atoms. The van der Waals surface area contributed by atoms with Gasteiger partial charge in [0.15, 0.2) is 5.13 Å². The second-order valence-corrected chi connectivity index (χ2v) is 7.34. The van der Waals surface area contributed by atoms with Crippen LogP contribution in [0.5, 0.6) is 0 Å². The Balaban J connectivity index is 1.52. The Morgan fingerprint density at radius 3 is 2.26 bits per heavy atom. The molecule has 0 bridgehead atoms. The molecule has 5 heteroatoms. The number of aromatic nitrogens is 1. The van der Waals surface area contributed by atoms with Gasteiger partial charge in [-0.3, -0.25) is 4.79 Å². The van der Waals surface area contributed by atoms with Gasteiger partial charge in [0.25, 0.3) is 0 Å². The van der Waals surface area contributed by atoms with Gasteiger partial charge in [0, 0.05) is 5.56 Å². The first-order valence-corrected chi connectivity index (χ1v) is 9.58. The van der Waals surface area contributed by atoms with E-state index in [0.717, 1.165) is 16.8 Å². The number of nitrogens with zero attached hydrogens (tertiary/aromatic N) is 1. The van der Waals surface area contributed by atoms with Crippen molar-refractivity contribution in [3.63, 3.8) is 0 Å². The van der Waals surface area contributed by atoms with Crippen molar-refractivity contribution < 1.29 is 4.79 Å². The molecule has 1 heterocycles. The molecule has 0 spiro atoms. The largest absolute Gasteiger partial charge is 0.330 e. The minimum Gasteiger partial charge on any atom is -0.330 e. The highest BCUT2D eigenvalue weighted by Gasteiger charge is 2.14. The fourth-order valence-electron chi connectivity index (χ4n) is 2.70. The summed E-state index contributed by atoms with van der Waals surface area (Å²) in [4.78, 5) is 17.6. The van der Waals surface area contributed by atoms with E-state index in [4.69, 9.17) is 11.6 Å². The van der Waals surface area contributed by atoms with Crippen LogP contribution in [0, 0.1) is 0 Å². The highest BCUT2D eigenvalue weighted by Crippen LogP contribution is 2.29. The van der Waals surface area contributed by atoms with Crippen LogP contribution in [0.4, 0.5) is 10.8 Å². The summed E-state index contributed by atoms with van der Waals surface area (Å²) in [7, 11) is 0. The zero-order valence-corrected chi connectivity index (χ0v) is 15.8. The van der Waals surface area contributed by atoms with Gasteiger partial charge in [-0.15, -0.1) is 0 Å². The molecular formula is C22H15ClN2OS. The van der Waals surface area contributed by atoms with Gasteiger partial charge >= 0.3 is 0 Å². The second-order valence-electron chi connectivity index (χ2n) is 5.91. The second kappa shape index (κ2) is 7.74. The lowest BCUT2D eigenvalue weighted by molar-refractivity contribution is 0.104. The number of hydrogen-bond acceptors (Lipinski definition) is 4. The zero-order chi connectivity index (χ0) is 18.6. The zero-order valence-electron chi connectivity index (χ0n) is 14.2. The van der Waals surface area contributed by atoms with E-state index in [2.05, 4.69) is 10.3 Å². The maximum absolute atomic E-state index is 12.7. The number of anilines is 2. The maximum Gasteiger partial charge on any atom is 0.204 e. The minimum atomic E-state index is -0.0423. The van der Waals surface area contributed by atoms with E-state index in [-0.39, 0.29) is 5.78 Å². The van der Waals surface area contributed by atoms with E-state index in [1.165, 1.54) is 11.3 Å². The van der Waals surface area contributed by atoms with Gasteiger partial charge in [-0.1, -0.05) is 89.7 Å². The van der Waals surface area contributed by atoms with Crippen LogP contribution in [0.1, 0.15) is 15.2 Å². The minimum absolute atomic E-state index is 0.0423. The molecule has 1 N–H and O–H groups in total. The van der Waals surface area contributed by atoms with Gasteiger partial charge in [-0.05, 0) is 23.3 Å². The SMILES string of the molecule is O=C(c1ccc(-c2ccccc2)cc1)c1cnc(Nc2ccccc2Cl)s1. The summed E-state index contributed by atoms with van der Waals surface area (Å²) in [6.07, 6.45) is 1.59. The van der Waals surface area contributed by atoms with E-state index >= 15 is 0 Å². The molecule has 0 saturated heterocycles. The van der Waals surface area contributed by atoms with Crippen LogP contribution in [-0.4, -0.2) is 10.8 Å². The molecule has 3 aromatic carbocycles. The molecule has 4 rings (SSSR count). The van der Waals surface area contributed by atoms with Gasteiger partial charge in [0.1, 0.15) is 0 Å². The molecule has 132 valence electrons. The first-order chi connectivity index (χ1) is 13.2. The Morgan fingerprint density at radius 1 is 0.852 bits per heavy atom. The Labute approximate surface area is 166 Å². The summed E-state index contributed by atoms with van der Waals surface area (Å²) in [5.41, 5.74) is 3.61. The van der Waals surface area contributed by atoms with Crippen molar-refractivity contribution in [2.24, 2.45) is 0 Å². The van der Waals surface area contributed by atoms with Crippen LogP contribution >= 0.6 is 22.9 Å². The van der Waals surface area contributed by atoms with E-state index in [1.807, 2.05) is 72.8 Å². The van der Waals surface area contributed by atoms with E-state index in [9.17, 15) is 4.79 Å². The number of ketones is 1. The molecule has 0 fully saturated rings. The van der Waals surface area contributed by atoms with Crippen LogP contribution in [0.25, 0.3) is 11.1 Å². The summed E-state index contributed by atoms with van der Waals surface area (Å²) in [5.74, 6) is -0.0423. The topological polar surface area (TPSA) is 42.0 Å². The maximum atomic E-state index is 12.7. The molecule has 1 aromatic heterocycles. The number of benzene rings is 3. The molecular weight excluding hydrogens is 376 g/mol. The molecule has 0 unspecified atom stereocenters. The van der Waals surface area contributed by atoms with Crippen LogP contribution < -0.4 is 5.32 Å². The van der Waals surface area contributed by atoms with Crippen molar-refractivity contribution in [3.8, 4) is 11.1 Å². The summed E-state index contributed by atoms with van der Waals surface area (Å²) < 4.78 is 0. The normalized spacial score (nSPS) is 10.6. The number of nitrogens with one attached hydrogen (secondary N) is 1. The van der Waals surface area contributed by atoms with Crippen molar-refractivity contribution in [2.75, 3.05) is 5.32 Å². The number of carbonyl (C=O) groups excluding carboxylic acids is 1. The molecule has 0 aliphatic rings. The lowest BCUT2D eigenvalue weighted by atomic mass is 10.0. The molecule has 0 aliphatic heterocycles. The highest BCUT2D eigenvalue weighted by atomic mass is 35.5. The Bertz CT molecular complexity index is 1070. The number of para-hydroxylation sites is 1. The molecule has 0 radical (unpaired) electrons. The van der Waals surface area contributed by atoms with Crippen LogP contribution in [0.15, 0.2) is 85.1 Å². The van der Waals surface area contributed by atoms with Gasteiger partial charge in [0.05, 0.1) is 21.8 Å². The third-order valence-corrected chi connectivity index (χ3v) is 5.34. The lowest BCUT2D eigenvalue weighted by Gasteiger charge is -2.04. The first kappa shape index (κ1) is 17.5. The molecule has 0 aliphatic carbocycles. The predicted octanol–water partition coefficient (Wildman–Crippen LogP) is 6.44. The van der Waals surface area contributed by atoms with E-state index < -0.39 is 0 Å². The van der Waals surface area contributed by atoms with Crippen molar-refractivity contribution in [1.29, 1.82) is 0 Å². The van der Waals surface area contributed by atoms with Gasteiger partial charge < -0.3 is 5.32 Å². The molecule has 0 amide bonds. The first-order valence-electron chi connectivity index (χ1n) is 8.38.